The topological polar surface area (TPSA) is 38.8 Å². The Balaban J connectivity index is 1.95. The highest BCUT2D eigenvalue weighted by Crippen LogP contribution is 2.34. The first-order chi connectivity index (χ1) is 12.7. The Morgan fingerprint density at radius 1 is 0.846 bits per heavy atom. The highest BCUT2D eigenvalue weighted by atomic mass is 16.5. The summed E-state index contributed by atoms with van der Waals surface area (Å²) in [5, 5.41) is 0. The van der Waals surface area contributed by atoms with E-state index in [1.807, 2.05) is 78.9 Å². The fourth-order valence-electron chi connectivity index (χ4n) is 2.75. The standard InChI is InChI=1S/C22H21NO3/c1-17(24)23(16-18-10-6-8-14-21(18)25-2)20-13-7-9-15-22(20)26-19-11-4-3-5-12-19/h3-15H,16H2,1-2H3. The van der Waals surface area contributed by atoms with Gasteiger partial charge in [-0.25, -0.2) is 0 Å². The van der Waals surface area contributed by atoms with Crippen LogP contribution in [0, 0.1) is 0 Å². The number of methoxy groups -OCH3 is 1. The van der Waals surface area contributed by atoms with Gasteiger partial charge in [-0.3, -0.25) is 4.79 Å². The number of hydrogen-bond acceptors (Lipinski definition) is 3. The van der Waals surface area contributed by atoms with Crippen molar-refractivity contribution in [3.8, 4) is 17.2 Å². The Hall–Kier alpha value is -3.27. The van der Waals surface area contributed by atoms with Crippen LogP contribution in [0.3, 0.4) is 0 Å². The Kier molecular flexibility index (Phi) is 5.54. The number of hydrogen-bond donors (Lipinski definition) is 0. The quantitative estimate of drug-likeness (QED) is 0.627. The molecule has 3 aromatic rings. The molecule has 4 heteroatoms. The van der Waals surface area contributed by atoms with Gasteiger partial charge in [-0.1, -0.05) is 48.5 Å². The number of benzene rings is 3. The van der Waals surface area contributed by atoms with Crippen LogP contribution in [0.1, 0.15) is 12.5 Å². The highest BCUT2D eigenvalue weighted by molar-refractivity contribution is 5.93. The molecule has 0 bridgehead atoms. The third-order valence-electron chi connectivity index (χ3n) is 4.03. The van der Waals surface area contributed by atoms with Gasteiger partial charge in [0.15, 0.2) is 5.75 Å². The van der Waals surface area contributed by atoms with Crippen LogP contribution in [0.5, 0.6) is 17.2 Å². The first kappa shape index (κ1) is 17.5. The fraction of sp³-hybridized carbons (Fsp3) is 0.136. The molecule has 1 amide bonds. The summed E-state index contributed by atoms with van der Waals surface area (Å²) in [5.74, 6) is 2.03. The largest absolute Gasteiger partial charge is 0.496 e. The molecule has 26 heavy (non-hydrogen) atoms. The number of ether oxygens (including phenoxy) is 2. The third kappa shape index (κ3) is 4.03. The molecule has 0 fully saturated rings. The van der Waals surface area contributed by atoms with Crippen molar-refractivity contribution in [2.24, 2.45) is 0 Å². The SMILES string of the molecule is COc1ccccc1CN(C(C)=O)c1ccccc1Oc1ccccc1. The average Bonchev–Trinajstić information content (AvgIpc) is 2.67. The summed E-state index contributed by atoms with van der Waals surface area (Å²) in [6.07, 6.45) is 0. The zero-order valence-corrected chi connectivity index (χ0v) is 14.9. The molecule has 0 aromatic heterocycles. The highest BCUT2D eigenvalue weighted by Gasteiger charge is 2.18. The van der Waals surface area contributed by atoms with Gasteiger partial charge >= 0.3 is 0 Å². The molecule has 132 valence electrons. The Bertz CT molecular complexity index is 877. The van der Waals surface area contributed by atoms with Crippen LogP contribution in [-0.4, -0.2) is 13.0 Å². The lowest BCUT2D eigenvalue weighted by Gasteiger charge is -2.24. The maximum Gasteiger partial charge on any atom is 0.224 e. The van der Waals surface area contributed by atoms with Crippen molar-refractivity contribution in [2.75, 3.05) is 12.0 Å². The van der Waals surface area contributed by atoms with Crippen LogP contribution in [-0.2, 0) is 11.3 Å². The van der Waals surface area contributed by atoms with Gasteiger partial charge in [0.2, 0.25) is 5.91 Å². The van der Waals surface area contributed by atoms with Gasteiger partial charge < -0.3 is 14.4 Å². The van der Waals surface area contributed by atoms with Crippen molar-refractivity contribution >= 4 is 11.6 Å². The van der Waals surface area contributed by atoms with E-state index in [1.54, 1.807) is 18.9 Å². The summed E-state index contributed by atoms with van der Waals surface area (Å²) < 4.78 is 11.4. The maximum absolute atomic E-state index is 12.4. The minimum Gasteiger partial charge on any atom is -0.496 e. The minimum atomic E-state index is -0.0694. The summed E-state index contributed by atoms with van der Waals surface area (Å²) >= 11 is 0. The summed E-state index contributed by atoms with van der Waals surface area (Å²) in [5.41, 5.74) is 1.65. The molecule has 3 aromatic carbocycles. The predicted octanol–water partition coefficient (Wildman–Crippen LogP) is 5.04. The van der Waals surface area contributed by atoms with Crippen molar-refractivity contribution in [1.29, 1.82) is 0 Å². The molecular weight excluding hydrogens is 326 g/mol. The van der Waals surface area contributed by atoms with E-state index in [1.165, 1.54) is 0 Å². The number of anilines is 1. The van der Waals surface area contributed by atoms with Crippen LogP contribution < -0.4 is 14.4 Å². The number of rotatable bonds is 6. The summed E-state index contributed by atoms with van der Waals surface area (Å²) in [7, 11) is 1.63. The molecule has 0 N–H and O–H groups in total. The first-order valence-electron chi connectivity index (χ1n) is 8.41. The molecule has 0 unspecified atom stereocenters. The lowest BCUT2D eigenvalue weighted by atomic mass is 10.1. The second kappa shape index (κ2) is 8.21. The Morgan fingerprint density at radius 2 is 1.46 bits per heavy atom. The molecular formula is C22H21NO3. The van der Waals surface area contributed by atoms with Gasteiger partial charge in [0.25, 0.3) is 0 Å². The number of nitrogens with zero attached hydrogens (tertiary/aromatic N) is 1. The lowest BCUT2D eigenvalue weighted by molar-refractivity contribution is -0.116. The normalized spacial score (nSPS) is 10.2. The summed E-state index contributed by atoms with van der Waals surface area (Å²) in [6, 6.07) is 24.7. The number of amides is 1. The van der Waals surface area contributed by atoms with Gasteiger partial charge in [0, 0.05) is 12.5 Å². The van der Waals surface area contributed by atoms with Crippen molar-refractivity contribution in [3.05, 3.63) is 84.4 Å². The third-order valence-corrected chi connectivity index (χ3v) is 4.03. The van der Waals surface area contributed by atoms with E-state index in [2.05, 4.69) is 0 Å². The zero-order valence-electron chi connectivity index (χ0n) is 14.9. The number of carbonyl (C=O) groups excluding carboxylic acids is 1. The van der Waals surface area contributed by atoms with E-state index in [0.717, 1.165) is 22.7 Å². The summed E-state index contributed by atoms with van der Waals surface area (Å²) in [4.78, 5) is 14.1. The van der Waals surface area contributed by atoms with Crippen LogP contribution in [0.2, 0.25) is 0 Å². The Labute approximate surface area is 153 Å². The maximum atomic E-state index is 12.4. The van der Waals surface area contributed by atoms with E-state index >= 15 is 0 Å². The molecule has 0 spiro atoms. The Morgan fingerprint density at radius 3 is 2.15 bits per heavy atom. The number of carbonyl (C=O) groups is 1. The van der Waals surface area contributed by atoms with Crippen molar-refractivity contribution in [1.82, 2.24) is 0 Å². The van der Waals surface area contributed by atoms with Gasteiger partial charge in [0.05, 0.1) is 19.3 Å². The van der Waals surface area contributed by atoms with Gasteiger partial charge in [-0.2, -0.15) is 0 Å². The molecule has 0 aliphatic rings. The van der Waals surface area contributed by atoms with E-state index in [9.17, 15) is 4.79 Å². The van der Waals surface area contributed by atoms with Crippen molar-refractivity contribution in [2.45, 2.75) is 13.5 Å². The van der Waals surface area contributed by atoms with Crippen molar-refractivity contribution in [3.63, 3.8) is 0 Å². The molecule has 0 atom stereocenters. The predicted molar refractivity (Wildman–Crippen MR) is 103 cm³/mol. The van der Waals surface area contributed by atoms with Gasteiger partial charge in [-0.15, -0.1) is 0 Å². The van der Waals surface area contributed by atoms with Crippen molar-refractivity contribution < 1.29 is 14.3 Å². The van der Waals surface area contributed by atoms with Crippen LogP contribution in [0.25, 0.3) is 0 Å². The molecule has 0 aliphatic heterocycles. The van der Waals surface area contributed by atoms with E-state index in [4.69, 9.17) is 9.47 Å². The van der Waals surface area contributed by atoms with E-state index < -0.39 is 0 Å². The zero-order chi connectivity index (χ0) is 18.4. The van der Waals surface area contributed by atoms with Crippen LogP contribution in [0.15, 0.2) is 78.9 Å². The number of para-hydroxylation sites is 4. The molecule has 4 nitrogen and oxygen atoms in total. The fourth-order valence-corrected chi connectivity index (χ4v) is 2.75. The van der Waals surface area contributed by atoms with E-state index in [-0.39, 0.29) is 5.91 Å². The molecule has 0 saturated carbocycles. The second-order valence-corrected chi connectivity index (χ2v) is 5.80. The van der Waals surface area contributed by atoms with Gasteiger partial charge in [-0.05, 0) is 30.3 Å². The van der Waals surface area contributed by atoms with Crippen LogP contribution >= 0.6 is 0 Å². The van der Waals surface area contributed by atoms with Gasteiger partial charge in [0.1, 0.15) is 11.5 Å². The van der Waals surface area contributed by atoms with Crippen LogP contribution in [0.4, 0.5) is 5.69 Å². The molecule has 0 saturated heterocycles. The molecule has 0 radical (unpaired) electrons. The second-order valence-electron chi connectivity index (χ2n) is 5.80. The molecule has 0 heterocycles. The lowest BCUT2D eigenvalue weighted by Crippen LogP contribution is -2.28. The molecule has 0 aliphatic carbocycles. The first-order valence-corrected chi connectivity index (χ1v) is 8.41. The average molecular weight is 347 g/mol. The van der Waals surface area contributed by atoms with E-state index in [0.29, 0.717) is 12.3 Å². The molecule has 3 rings (SSSR count). The summed E-state index contributed by atoms with van der Waals surface area (Å²) in [6.45, 7) is 1.95. The monoisotopic (exact) mass is 347 g/mol. The smallest absolute Gasteiger partial charge is 0.224 e. The minimum absolute atomic E-state index is 0.0694.